The van der Waals surface area contributed by atoms with Crippen molar-refractivity contribution in [1.29, 1.82) is 0 Å². The van der Waals surface area contributed by atoms with Crippen LogP contribution in [0.1, 0.15) is 15.9 Å². The number of rotatable bonds is 7. The number of thioether (sulfide) groups is 1. The van der Waals surface area contributed by atoms with Crippen molar-refractivity contribution >= 4 is 52.2 Å². The fourth-order valence-corrected chi connectivity index (χ4v) is 3.79. The smallest absolute Gasteiger partial charge is 0.293 e. The Morgan fingerprint density at radius 1 is 1.26 bits per heavy atom. The molecule has 0 aromatic heterocycles. The summed E-state index contributed by atoms with van der Waals surface area (Å²) in [4.78, 5) is 48.6. The third-order valence-electron chi connectivity index (χ3n) is 4.31. The molecule has 0 radical (unpaired) electrons. The van der Waals surface area contributed by atoms with Crippen molar-refractivity contribution in [2.24, 2.45) is 0 Å². The molecule has 1 fully saturated rings. The van der Waals surface area contributed by atoms with Crippen molar-refractivity contribution in [2.45, 2.75) is 0 Å². The first-order valence-corrected chi connectivity index (χ1v) is 10.1. The van der Waals surface area contributed by atoms with Crippen LogP contribution in [0.15, 0.2) is 47.4 Å². The summed E-state index contributed by atoms with van der Waals surface area (Å²) >= 11 is 6.75. The minimum absolute atomic E-state index is 0.0360. The lowest BCUT2D eigenvalue weighted by Crippen LogP contribution is -2.37. The lowest BCUT2D eigenvalue weighted by Gasteiger charge is -2.13. The van der Waals surface area contributed by atoms with Gasteiger partial charge in [-0.05, 0) is 41.6 Å². The first-order valence-electron chi connectivity index (χ1n) is 8.91. The molecule has 0 saturated carbocycles. The number of amides is 3. The normalized spacial score (nSPS) is 14.8. The van der Waals surface area contributed by atoms with Crippen molar-refractivity contribution < 1.29 is 24.0 Å². The number of benzene rings is 2. The summed E-state index contributed by atoms with van der Waals surface area (Å²) in [6, 6.07) is 10.5. The Kier molecular flexibility index (Phi) is 6.93. The fourth-order valence-electron chi connectivity index (χ4n) is 2.72. The Bertz CT molecular complexity index is 1090. The van der Waals surface area contributed by atoms with Crippen molar-refractivity contribution in [3.63, 3.8) is 0 Å². The first-order chi connectivity index (χ1) is 14.8. The van der Waals surface area contributed by atoms with Crippen LogP contribution < -0.4 is 10.1 Å². The zero-order valence-corrected chi connectivity index (χ0v) is 17.7. The molecule has 2 aromatic carbocycles. The van der Waals surface area contributed by atoms with Gasteiger partial charge in [0.25, 0.3) is 22.7 Å². The second-order valence-electron chi connectivity index (χ2n) is 6.28. The maximum atomic E-state index is 12.5. The summed E-state index contributed by atoms with van der Waals surface area (Å²) in [6.45, 7) is -0.0887. The molecule has 31 heavy (non-hydrogen) atoms. The SMILES string of the molecule is COc1ccc(/C=C2\SC(=O)N(CCNC(=O)c3cc([N+](=O)[O-])ccc3Cl)C2=O)cc1. The molecule has 0 atom stereocenters. The summed E-state index contributed by atoms with van der Waals surface area (Å²) in [7, 11) is 1.55. The van der Waals surface area contributed by atoms with Crippen LogP contribution in [-0.4, -0.2) is 47.1 Å². The van der Waals surface area contributed by atoms with Gasteiger partial charge in [-0.1, -0.05) is 23.7 Å². The summed E-state index contributed by atoms with van der Waals surface area (Å²) in [5.41, 5.74) is 0.397. The average Bonchev–Trinajstić information content (AvgIpc) is 3.01. The van der Waals surface area contributed by atoms with E-state index < -0.39 is 22.0 Å². The van der Waals surface area contributed by atoms with Crippen molar-refractivity contribution in [3.8, 4) is 5.75 Å². The van der Waals surface area contributed by atoms with Gasteiger partial charge in [0.2, 0.25) is 0 Å². The molecule has 1 heterocycles. The minimum atomic E-state index is -0.644. The van der Waals surface area contributed by atoms with Crippen LogP contribution in [0.5, 0.6) is 5.75 Å². The van der Waals surface area contributed by atoms with E-state index in [4.69, 9.17) is 16.3 Å². The van der Waals surface area contributed by atoms with Crippen LogP contribution in [0, 0.1) is 10.1 Å². The maximum Gasteiger partial charge on any atom is 0.293 e. The van der Waals surface area contributed by atoms with Crippen molar-refractivity contribution in [1.82, 2.24) is 10.2 Å². The third kappa shape index (κ3) is 5.22. The second-order valence-corrected chi connectivity index (χ2v) is 7.68. The quantitative estimate of drug-likeness (QED) is 0.379. The predicted molar refractivity (Wildman–Crippen MR) is 116 cm³/mol. The molecule has 0 aliphatic carbocycles. The molecule has 0 unspecified atom stereocenters. The Morgan fingerprint density at radius 3 is 2.61 bits per heavy atom. The third-order valence-corrected chi connectivity index (χ3v) is 5.55. The molecule has 11 heteroatoms. The monoisotopic (exact) mass is 461 g/mol. The van der Waals surface area contributed by atoms with Gasteiger partial charge in [0.05, 0.1) is 27.5 Å². The molecule has 0 spiro atoms. The number of nitrogens with zero attached hydrogens (tertiary/aromatic N) is 2. The van der Waals surface area contributed by atoms with Gasteiger partial charge < -0.3 is 10.1 Å². The summed E-state index contributed by atoms with van der Waals surface area (Å²) in [5, 5.41) is 13.0. The lowest BCUT2D eigenvalue weighted by atomic mass is 10.2. The maximum absolute atomic E-state index is 12.5. The molecular formula is C20H16ClN3O6S. The largest absolute Gasteiger partial charge is 0.497 e. The van der Waals surface area contributed by atoms with E-state index in [-0.39, 0.29) is 34.3 Å². The van der Waals surface area contributed by atoms with Crippen LogP contribution in [0.2, 0.25) is 5.02 Å². The molecule has 2 aromatic rings. The highest BCUT2D eigenvalue weighted by atomic mass is 35.5. The highest BCUT2D eigenvalue weighted by Gasteiger charge is 2.34. The molecule has 3 amide bonds. The van der Waals surface area contributed by atoms with E-state index in [1.165, 1.54) is 12.1 Å². The molecule has 0 bridgehead atoms. The van der Waals surface area contributed by atoms with Gasteiger partial charge in [-0.3, -0.25) is 29.4 Å². The van der Waals surface area contributed by atoms with Gasteiger partial charge in [0.15, 0.2) is 0 Å². The molecular weight excluding hydrogens is 446 g/mol. The number of hydrogen-bond donors (Lipinski definition) is 1. The number of imide groups is 1. The minimum Gasteiger partial charge on any atom is -0.497 e. The van der Waals surface area contributed by atoms with Crippen molar-refractivity contribution in [2.75, 3.05) is 20.2 Å². The molecule has 3 rings (SSSR count). The van der Waals surface area contributed by atoms with E-state index >= 15 is 0 Å². The van der Waals surface area contributed by atoms with Gasteiger partial charge in [0.1, 0.15) is 5.75 Å². The Morgan fingerprint density at radius 2 is 1.97 bits per heavy atom. The standard InChI is InChI=1S/C20H16ClN3O6S/c1-30-14-5-2-12(3-6-14)10-17-19(26)23(20(27)31-17)9-8-22-18(25)15-11-13(24(28)29)4-7-16(15)21/h2-7,10-11H,8-9H2,1H3,(H,22,25)/b17-10-. The molecule has 1 aliphatic rings. The summed E-state index contributed by atoms with van der Waals surface area (Å²) in [6.07, 6.45) is 1.60. The fraction of sp³-hybridized carbons (Fsp3) is 0.150. The van der Waals surface area contributed by atoms with Crippen LogP contribution in [-0.2, 0) is 4.79 Å². The molecule has 1 N–H and O–H groups in total. The number of carbonyl (C=O) groups is 3. The number of methoxy groups -OCH3 is 1. The van der Waals surface area contributed by atoms with Crippen LogP contribution in [0.25, 0.3) is 6.08 Å². The number of nitro groups is 1. The van der Waals surface area contributed by atoms with Gasteiger partial charge in [0, 0.05) is 25.2 Å². The number of ether oxygens (including phenoxy) is 1. The predicted octanol–water partition coefficient (Wildman–Crippen LogP) is 3.72. The molecule has 1 aliphatic heterocycles. The zero-order valence-electron chi connectivity index (χ0n) is 16.2. The molecule has 160 valence electrons. The Hall–Kier alpha value is -3.37. The van der Waals surface area contributed by atoms with E-state index in [9.17, 15) is 24.5 Å². The van der Waals surface area contributed by atoms with Crippen LogP contribution in [0.3, 0.4) is 0 Å². The topological polar surface area (TPSA) is 119 Å². The number of halogens is 1. The number of nitro benzene ring substituents is 1. The number of non-ortho nitro benzene ring substituents is 1. The van der Waals surface area contributed by atoms with E-state index in [2.05, 4.69) is 5.32 Å². The number of nitrogens with one attached hydrogen (secondary N) is 1. The van der Waals surface area contributed by atoms with Gasteiger partial charge in [-0.25, -0.2) is 0 Å². The van der Waals surface area contributed by atoms with E-state index in [0.717, 1.165) is 28.3 Å². The second kappa shape index (κ2) is 9.63. The van der Waals surface area contributed by atoms with E-state index in [0.29, 0.717) is 5.75 Å². The average molecular weight is 462 g/mol. The van der Waals surface area contributed by atoms with Crippen LogP contribution >= 0.6 is 23.4 Å². The lowest BCUT2D eigenvalue weighted by molar-refractivity contribution is -0.384. The zero-order chi connectivity index (χ0) is 22.5. The first kappa shape index (κ1) is 22.3. The van der Waals surface area contributed by atoms with Crippen LogP contribution in [0.4, 0.5) is 10.5 Å². The van der Waals surface area contributed by atoms with Gasteiger partial charge in [-0.2, -0.15) is 0 Å². The molecule has 1 saturated heterocycles. The highest BCUT2D eigenvalue weighted by molar-refractivity contribution is 8.18. The van der Waals surface area contributed by atoms with Gasteiger partial charge in [-0.15, -0.1) is 0 Å². The summed E-state index contributed by atoms with van der Waals surface area (Å²) < 4.78 is 5.08. The molecule has 9 nitrogen and oxygen atoms in total. The summed E-state index contributed by atoms with van der Waals surface area (Å²) in [5.74, 6) is -0.437. The van der Waals surface area contributed by atoms with E-state index in [1.54, 1.807) is 37.5 Å². The Balaban J connectivity index is 1.62. The number of carbonyl (C=O) groups excluding carboxylic acids is 3. The van der Waals surface area contributed by atoms with E-state index in [1.807, 2.05) is 0 Å². The van der Waals surface area contributed by atoms with Crippen molar-refractivity contribution in [3.05, 3.63) is 73.6 Å². The highest BCUT2D eigenvalue weighted by Crippen LogP contribution is 2.32. The number of hydrogen-bond acceptors (Lipinski definition) is 7. The Labute approximate surface area is 186 Å². The van der Waals surface area contributed by atoms with Gasteiger partial charge >= 0.3 is 0 Å².